The van der Waals surface area contributed by atoms with Crippen molar-refractivity contribution < 1.29 is 41.9 Å². The molecule has 2 N–H and O–H groups in total. The van der Waals surface area contributed by atoms with Crippen LogP contribution in [0, 0.1) is 5.92 Å². The lowest BCUT2D eigenvalue weighted by Crippen LogP contribution is -2.54. The second-order valence-electron chi connectivity index (χ2n) is 15.6. The first-order valence-electron chi connectivity index (χ1n) is 19.5. The smallest absolute Gasteiger partial charge is 0.433 e. The van der Waals surface area contributed by atoms with Crippen molar-refractivity contribution in [3.63, 3.8) is 0 Å². The van der Waals surface area contributed by atoms with E-state index in [0.717, 1.165) is 67.5 Å². The normalized spacial score (nSPS) is 21.8. The van der Waals surface area contributed by atoms with E-state index in [9.17, 15) is 37.1 Å². The number of piperidine rings is 2. The molecule has 3 aliphatic heterocycles. The summed E-state index contributed by atoms with van der Waals surface area (Å²) in [6.07, 6.45) is 3.13. The number of amides is 5. The molecule has 0 radical (unpaired) electrons. The first-order valence-corrected chi connectivity index (χ1v) is 19.5. The number of aromatic nitrogens is 3. The standard InChI is InChI=1S/C41H43F3N8O6/c1-49(25-15-17-50(18-16-25)31-7-3-5-27-36(31)40(57)52(39(27)56)32-13-14-35(53)47-38(32)55)21-23-9-11-26(12-10-23)51-22-24-19-30(33(58-2)20-29(24)48-51)46-37(54)28-6-4-8-34(45-28)41(42,43)44/h3-8,19-20,22-23,25-26,32H,9-18,21H2,1-2H3,(H,46,54)(H,47,53,55). The largest absolute Gasteiger partial charge is 0.494 e. The van der Waals surface area contributed by atoms with E-state index in [2.05, 4.69) is 32.5 Å². The highest BCUT2D eigenvalue weighted by atomic mass is 19.4. The van der Waals surface area contributed by atoms with Gasteiger partial charge in [0, 0.05) is 49.7 Å². The van der Waals surface area contributed by atoms with Crippen LogP contribution in [0.4, 0.5) is 24.5 Å². The molecule has 1 saturated carbocycles. The van der Waals surface area contributed by atoms with Crippen LogP contribution in [0.2, 0.25) is 0 Å². The van der Waals surface area contributed by atoms with Gasteiger partial charge in [0.2, 0.25) is 11.8 Å². The molecule has 3 fully saturated rings. The second kappa shape index (κ2) is 15.5. The Hall–Kier alpha value is -5.84. The van der Waals surface area contributed by atoms with E-state index in [4.69, 9.17) is 9.84 Å². The molecule has 14 nitrogen and oxygen atoms in total. The van der Waals surface area contributed by atoms with Gasteiger partial charge >= 0.3 is 6.18 Å². The molecule has 304 valence electrons. The van der Waals surface area contributed by atoms with Crippen molar-refractivity contribution in [2.45, 2.75) is 75.7 Å². The number of hydrogen-bond donors (Lipinski definition) is 2. The number of nitrogens with one attached hydrogen (secondary N) is 2. The van der Waals surface area contributed by atoms with Crippen LogP contribution in [0.25, 0.3) is 10.9 Å². The highest BCUT2D eigenvalue weighted by Gasteiger charge is 2.46. The number of methoxy groups -OCH3 is 1. The summed E-state index contributed by atoms with van der Waals surface area (Å²) in [5, 5.41) is 10.5. The molecule has 4 aromatic rings. The first kappa shape index (κ1) is 39.0. The lowest BCUT2D eigenvalue weighted by atomic mass is 9.85. The Labute approximate surface area is 331 Å². The van der Waals surface area contributed by atoms with E-state index >= 15 is 0 Å². The third-order valence-electron chi connectivity index (χ3n) is 12.0. The molecule has 8 rings (SSSR count). The highest BCUT2D eigenvalue weighted by molar-refractivity contribution is 6.25. The molecule has 2 saturated heterocycles. The Morgan fingerprint density at radius 2 is 1.71 bits per heavy atom. The molecule has 2 aromatic heterocycles. The van der Waals surface area contributed by atoms with Crippen LogP contribution in [-0.2, 0) is 15.8 Å². The van der Waals surface area contributed by atoms with Crippen LogP contribution in [0.15, 0.2) is 54.7 Å². The van der Waals surface area contributed by atoms with Gasteiger partial charge in [0.15, 0.2) is 0 Å². The molecule has 1 atom stereocenters. The van der Waals surface area contributed by atoms with E-state index in [1.54, 1.807) is 24.3 Å². The number of fused-ring (bicyclic) bond motifs is 2. The predicted molar refractivity (Wildman–Crippen MR) is 205 cm³/mol. The number of halogens is 3. The number of imide groups is 2. The Bertz CT molecular complexity index is 2300. The van der Waals surface area contributed by atoms with Gasteiger partial charge in [-0.3, -0.25) is 38.9 Å². The minimum absolute atomic E-state index is 0.0700. The fraction of sp³-hybridized carbons (Fsp3) is 0.439. The number of rotatable bonds is 9. The zero-order valence-electron chi connectivity index (χ0n) is 32.1. The Morgan fingerprint density at radius 3 is 2.41 bits per heavy atom. The topological polar surface area (TPSA) is 159 Å². The number of alkyl halides is 3. The second-order valence-corrected chi connectivity index (χ2v) is 15.6. The average molecular weight is 801 g/mol. The van der Waals surface area contributed by atoms with Gasteiger partial charge in [-0.05, 0) is 88.2 Å². The summed E-state index contributed by atoms with van der Waals surface area (Å²) in [5.74, 6) is -1.99. The monoisotopic (exact) mass is 800 g/mol. The number of nitrogens with zero attached hydrogens (tertiary/aromatic N) is 6. The molecule has 2 aromatic carbocycles. The zero-order valence-corrected chi connectivity index (χ0v) is 32.1. The van der Waals surface area contributed by atoms with Gasteiger partial charge in [-0.2, -0.15) is 18.3 Å². The van der Waals surface area contributed by atoms with Crippen molar-refractivity contribution in [2.75, 3.05) is 44.0 Å². The van der Waals surface area contributed by atoms with Crippen LogP contribution in [-0.4, -0.2) is 100.0 Å². The number of pyridine rings is 1. The number of hydrogen-bond acceptors (Lipinski definition) is 10. The summed E-state index contributed by atoms with van der Waals surface area (Å²) >= 11 is 0. The molecular weight excluding hydrogens is 757 g/mol. The summed E-state index contributed by atoms with van der Waals surface area (Å²) < 4.78 is 47.0. The molecule has 58 heavy (non-hydrogen) atoms. The number of ether oxygens (including phenoxy) is 1. The number of anilines is 2. The van der Waals surface area contributed by atoms with Crippen molar-refractivity contribution in [2.24, 2.45) is 5.92 Å². The van der Waals surface area contributed by atoms with Gasteiger partial charge in [0.1, 0.15) is 23.2 Å². The van der Waals surface area contributed by atoms with Crippen LogP contribution in [0.5, 0.6) is 5.75 Å². The van der Waals surface area contributed by atoms with Gasteiger partial charge in [-0.1, -0.05) is 12.1 Å². The Balaban J connectivity index is 0.850. The average Bonchev–Trinajstić information content (AvgIpc) is 3.74. The van der Waals surface area contributed by atoms with Gasteiger partial charge in [-0.25, -0.2) is 4.98 Å². The summed E-state index contributed by atoms with van der Waals surface area (Å²) in [6.45, 7) is 2.38. The van der Waals surface area contributed by atoms with Gasteiger partial charge in [0.05, 0.1) is 41.2 Å². The van der Waals surface area contributed by atoms with Crippen molar-refractivity contribution in [1.29, 1.82) is 0 Å². The quantitative estimate of drug-likeness (QED) is 0.209. The van der Waals surface area contributed by atoms with E-state index in [1.807, 2.05) is 16.9 Å². The van der Waals surface area contributed by atoms with Crippen LogP contribution < -0.4 is 20.3 Å². The van der Waals surface area contributed by atoms with Crippen molar-refractivity contribution >= 4 is 51.8 Å². The third-order valence-corrected chi connectivity index (χ3v) is 12.0. The summed E-state index contributed by atoms with van der Waals surface area (Å²) in [4.78, 5) is 73.2. The molecule has 1 aliphatic carbocycles. The minimum Gasteiger partial charge on any atom is -0.494 e. The van der Waals surface area contributed by atoms with E-state index < -0.39 is 47.4 Å². The molecular formula is C41H43F3N8O6. The fourth-order valence-electron chi connectivity index (χ4n) is 8.89. The van der Waals surface area contributed by atoms with Crippen LogP contribution in [0.1, 0.15) is 94.3 Å². The predicted octanol–water partition coefficient (Wildman–Crippen LogP) is 5.44. The molecule has 4 aliphatic rings. The maximum absolute atomic E-state index is 13.7. The lowest BCUT2D eigenvalue weighted by molar-refractivity contribution is -0.141. The molecule has 5 amide bonds. The molecule has 17 heteroatoms. The highest BCUT2D eigenvalue weighted by Crippen LogP contribution is 2.38. The molecule has 5 heterocycles. The summed E-state index contributed by atoms with van der Waals surface area (Å²) in [5.41, 5.74) is 0.752. The van der Waals surface area contributed by atoms with E-state index in [1.165, 1.54) is 13.2 Å². The van der Waals surface area contributed by atoms with Gasteiger partial charge in [0.25, 0.3) is 17.7 Å². The Morgan fingerprint density at radius 1 is 0.966 bits per heavy atom. The molecule has 0 spiro atoms. The van der Waals surface area contributed by atoms with Crippen molar-refractivity contribution in [3.8, 4) is 5.75 Å². The molecule has 0 bridgehead atoms. The lowest BCUT2D eigenvalue weighted by Gasteiger charge is -2.40. The Kier molecular flexibility index (Phi) is 10.4. The molecule has 1 unspecified atom stereocenters. The summed E-state index contributed by atoms with van der Waals surface area (Å²) in [6, 6.07) is 11.4. The SMILES string of the molecule is COc1cc2nn(C3CCC(CN(C)C4CCN(c5cccc6c5C(=O)N(C5CCC(=O)NC5=O)C6=O)CC4)CC3)cc2cc1NC(=O)c1cccc(C(F)(F)F)n1. The number of benzene rings is 2. The van der Waals surface area contributed by atoms with E-state index in [0.29, 0.717) is 53.3 Å². The zero-order chi connectivity index (χ0) is 40.9. The maximum atomic E-state index is 13.7. The van der Waals surface area contributed by atoms with Crippen LogP contribution in [0.3, 0.4) is 0 Å². The van der Waals surface area contributed by atoms with E-state index in [-0.39, 0.29) is 30.1 Å². The fourth-order valence-corrected chi connectivity index (χ4v) is 8.89. The van der Waals surface area contributed by atoms with Gasteiger partial charge < -0.3 is 19.9 Å². The van der Waals surface area contributed by atoms with Crippen LogP contribution >= 0.6 is 0 Å². The van der Waals surface area contributed by atoms with Crippen molar-refractivity contribution in [3.05, 3.63) is 77.2 Å². The van der Waals surface area contributed by atoms with Gasteiger partial charge in [-0.15, -0.1) is 0 Å². The summed E-state index contributed by atoms with van der Waals surface area (Å²) in [7, 11) is 3.61. The number of carbonyl (C=O) groups is 5. The third kappa shape index (κ3) is 7.50. The van der Waals surface area contributed by atoms with Crippen molar-refractivity contribution in [1.82, 2.24) is 29.9 Å². The maximum Gasteiger partial charge on any atom is 0.433 e. The number of carbonyl (C=O) groups excluding carboxylic acids is 5. The minimum atomic E-state index is -4.68. The first-order chi connectivity index (χ1) is 27.8.